The molecule has 0 aliphatic carbocycles. The largest absolute Gasteiger partial charge is 0.368 e. The van der Waals surface area contributed by atoms with Crippen LogP contribution in [-0.2, 0) is 26.2 Å². The van der Waals surface area contributed by atoms with Crippen LogP contribution in [-0.4, -0.2) is 47.4 Å². The lowest BCUT2D eigenvalue weighted by molar-refractivity contribution is -0.121. The summed E-state index contributed by atoms with van der Waals surface area (Å²) in [7, 11) is -2.83. The average molecular weight is 476 g/mol. The molecule has 13 heteroatoms. The van der Waals surface area contributed by atoms with E-state index in [0.29, 0.717) is 5.56 Å². The van der Waals surface area contributed by atoms with E-state index in [-0.39, 0.29) is 20.6 Å². The van der Waals surface area contributed by atoms with Crippen LogP contribution in [0.25, 0.3) is 0 Å². The number of halogens is 2. The van der Waals surface area contributed by atoms with Gasteiger partial charge in [-0.05, 0) is 31.5 Å². The van der Waals surface area contributed by atoms with Crippen molar-refractivity contribution in [3.8, 4) is 0 Å². The summed E-state index contributed by atoms with van der Waals surface area (Å²) >= 11 is 11.4. The Morgan fingerprint density at radius 1 is 1.33 bits per heavy atom. The molecule has 0 aliphatic rings. The Kier molecular flexibility index (Phi) is 7.24. The summed E-state index contributed by atoms with van der Waals surface area (Å²) in [5.74, 6) is -1.45. The van der Waals surface area contributed by atoms with Crippen LogP contribution in [0.4, 0.5) is 5.69 Å². The molecule has 3 N–H and O–H groups in total. The molecule has 0 aliphatic heterocycles. The van der Waals surface area contributed by atoms with Crippen molar-refractivity contribution in [3.05, 3.63) is 50.4 Å². The Morgan fingerprint density at radius 2 is 1.97 bits per heavy atom. The van der Waals surface area contributed by atoms with Gasteiger partial charge in [-0.2, -0.15) is 9.40 Å². The molecular weight excluding hydrogens is 457 g/mol. The van der Waals surface area contributed by atoms with Crippen molar-refractivity contribution in [2.24, 2.45) is 5.73 Å². The fourth-order valence-corrected chi connectivity index (χ4v) is 4.24. The third-order valence-corrected chi connectivity index (χ3v) is 7.14. The Morgan fingerprint density at radius 3 is 2.57 bits per heavy atom. The molecule has 2 rings (SSSR count). The first-order valence-electron chi connectivity index (χ1n) is 8.45. The molecule has 10 nitrogen and oxygen atoms in total. The standard InChI is InChI=1S/C17H19Cl2N5O5S/c1-9-4-5-11(6-13(9)30(28,29)23(3)10(2)16(20)26)22-14(25)8-24-17(27)15(19)12(18)7-21-24/h4-7,10H,8H2,1-3H3,(H2,20,26)(H,22,25)/t10-/m1/s1. The van der Waals surface area contributed by atoms with Crippen LogP contribution in [0.1, 0.15) is 12.5 Å². The number of nitrogens with two attached hydrogens (primary N) is 1. The molecule has 0 fully saturated rings. The molecule has 1 atom stereocenters. The predicted octanol–water partition coefficient (Wildman–Crippen LogP) is 0.992. The lowest BCUT2D eigenvalue weighted by atomic mass is 10.2. The van der Waals surface area contributed by atoms with Crippen LogP contribution < -0.4 is 16.6 Å². The second kappa shape index (κ2) is 9.13. The highest BCUT2D eigenvalue weighted by Crippen LogP contribution is 2.24. The number of carbonyl (C=O) groups excluding carboxylic acids is 2. The van der Waals surface area contributed by atoms with Crippen LogP contribution in [0.3, 0.4) is 0 Å². The SMILES string of the molecule is Cc1ccc(NC(=O)Cn2ncc(Cl)c(Cl)c2=O)cc1S(=O)(=O)N(C)[C@H](C)C(N)=O. The summed E-state index contributed by atoms with van der Waals surface area (Å²) in [6.07, 6.45) is 1.13. The van der Waals surface area contributed by atoms with E-state index in [4.69, 9.17) is 28.9 Å². The zero-order chi connectivity index (χ0) is 22.8. The lowest BCUT2D eigenvalue weighted by Crippen LogP contribution is -2.43. The number of rotatable bonds is 7. The summed E-state index contributed by atoms with van der Waals surface area (Å²) in [5.41, 5.74) is 5.02. The fourth-order valence-electron chi connectivity index (χ4n) is 2.39. The number of hydrogen-bond donors (Lipinski definition) is 2. The molecule has 0 saturated heterocycles. The molecule has 0 bridgehead atoms. The molecule has 0 radical (unpaired) electrons. The summed E-state index contributed by atoms with van der Waals surface area (Å²) in [6.45, 7) is 2.47. The average Bonchev–Trinajstić information content (AvgIpc) is 2.68. The second-order valence-corrected chi connectivity index (χ2v) is 9.15. The van der Waals surface area contributed by atoms with Crippen LogP contribution >= 0.6 is 23.2 Å². The third kappa shape index (κ3) is 4.98. The van der Waals surface area contributed by atoms with Gasteiger partial charge in [-0.1, -0.05) is 29.3 Å². The lowest BCUT2D eigenvalue weighted by Gasteiger charge is -2.23. The quantitative estimate of drug-likeness (QED) is 0.610. The zero-order valence-corrected chi connectivity index (χ0v) is 18.5. The molecule has 1 heterocycles. The number of carbonyl (C=O) groups is 2. The van der Waals surface area contributed by atoms with Crippen molar-refractivity contribution in [2.45, 2.75) is 31.3 Å². The first kappa shape index (κ1) is 23.8. The van der Waals surface area contributed by atoms with E-state index in [1.165, 1.54) is 32.2 Å². The van der Waals surface area contributed by atoms with Crippen molar-refractivity contribution in [3.63, 3.8) is 0 Å². The van der Waals surface area contributed by atoms with E-state index in [0.717, 1.165) is 15.2 Å². The van der Waals surface area contributed by atoms with E-state index >= 15 is 0 Å². The first-order valence-corrected chi connectivity index (χ1v) is 10.6. The van der Waals surface area contributed by atoms with E-state index in [9.17, 15) is 22.8 Å². The Hall–Kier alpha value is -2.47. The maximum absolute atomic E-state index is 12.9. The number of sulfonamides is 1. The van der Waals surface area contributed by atoms with Gasteiger partial charge in [-0.15, -0.1) is 0 Å². The van der Waals surface area contributed by atoms with Gasteiger partial charge in [0.25, 0.3) is 5.56 Å². The topological polar surface area (TPSA) is 144 Å². The van der Waals surface area contributed by atoms with E-state index in [1.807, 2.05) is 0 Å². The number of nitrogens with one attached hydrogen (secondary N) is 1. The Labute approximate surface area is 182 Å². The van der Waals surface area contributed by atoms with Gasteiger partial charge in [0, 0.05) is 12.7 Å². The number of hydrogen-bond acceptors (Lipinski definition) is 6. The highest BCUT2D eigenvalue weighted by Gasteiger charge is 2.30. The molecule has 2 amide bonds. The predicted molar refractivity (Wildman–Crippen MR) is 112 cm³/mol. The minimum atomic E-state index is -4.07. The molecule has 30 heavy (non-hydrogen) atoms. The minimum Gasteiger partial charge on any atom is -0.368 e. The smallest absolute Gasteiger partial charge is 0.287 e. The van der Waals surface area contributed by atoms with Crippen LogP contribution in [0.2, 0.25) is 10.0 Å². The number of aromatic nitrogens is 2. The van der Waals surface area contributed by atoms with Gasteiger partial charge >= 0.3 is 0 Å². The van der Waals surface area contributed by atoms with E-state index in [2.05, 4.69) is 10.4 Å². The molecule has 0 spiro atoms. The maximum atomic E-state index is 12.9. The highest BCUT2D eigenvalue weighted by molar-refractivity contribution is 7.89. The molecular formula is C17H19Cl2N5O5S. The van der Waals surface area contributed by atoms with Crippen molar-refractivity contribution in [1.82, 2.24) is 14.1 Å². The zero-order valence-electron chi connectivity index (χ0n) is 16.2. The van der Waals surface area contributed by atoms with E-state index in [1.54, 1.807) is 6.92 Å². The van der Waals surface area contributed by atoms with Gasteiger partial charge in [0.2, 0.25) is 21.8 Å². The van der Waals surface area contributed by atoms with Gasteiger partial charge in [-0.25, -0.2) is 13.1 Å². The minimum absolute atomic E-state index is 0.0407. The molecule has 162 valence electrons. The second-order valence-electron chi connectivity index (χ2n) is 6.40. The van der Waals surface area contributed by atoms with Gasteiger partial charge in [0.1, 0.15) is 17.6 Å². The van der Waals surface area contributed by atoms with Gasteiger partial charge in [0.15, 0.2) is 0 Å². The summed E-state index contributed by atoms with van der Waals surface area (Å²) in [5, 5.41) is 5.91. The fraction of sp³-hybridized carbons (Fsp3) is 0.294. The van der Waals surface area contributed by atoms with Crippen LogP contribution in [0.5, 0.6) is 0 Å². The molecule has 0 saturated carbocycles. The number of amides is 2. The van der Waals surface area contributed by atoms with Crippen LogP contribution in [0, 0.1) is 6.92 Å². The van der Waals surface area contributed by atoms with Gasteiger partial charge in [-0.3, -0.25) is 14.4 Å². The normalized spacial score (nSPS) is 12.6. The summed E-state index contributed by atoms with van der Waals surface area (Å²) in [6, 6.07) is 3.17. The molecule has 1 aromatic carbocycles. The molecule has 0 unspecified atom stereocenters. The van der Waals surface area contributed by atoms with Crippen molar-refractivity contribution < 1.29 is 18.0 Å². The number of aryl methyl sites for hydroxylation is 1. The molecule has 1 aromatic heterocycles. The van der Waals surface area contributed by atoms with Gasteiger partial charge < -0.3 is 11.1 Å². The summed E-state index contributed by atoms with van der Waals surface area (Å²) in [4.78, 5) is 35.5. The number of primary amides is 1. The monoisotopic (exact) mass is 475 g/mol. The number of benzene rings is 1. The Bertz CT molecular complexity index is 1170. The van der Waals surface area contributed by atoms with Crippen molar-refractivity contribution in [1.29, 1.82) is 0 Å². The maximum Gasteiger partial charge on any atom is 0.287 e. The third-order valence-electron chi connectivity index (χ3n) is 4.32. The highest BCUT2D eigenvalue weighted by atomic mass is 35.5. The summed E-state index contributed by atoms with van der Waals surface area (Å²) < 4.78 is 27.4. The Balaban J connectivity index is 2.29. The van der Waals surface area contributed by atoms with E-state index < -0.39 is 40.0 Å². The van der Waals surface area contributed by atoms with Gasteiger partial charge in [0.05, 0.1) is 16.1 Å². The van der Waals surface area contributed by atoms with Crippen molar-refractivity contribution in [2.75, 3.05) is 12.4 Å². The van der Waals surface area contributed by atoms with Crippen molar-refractivity contribution >= 4 is 50.7 Å². The molecule has 2 aromatic rings. The number of likely N-dealkylation sites (N-methyl/N-ethyl adjacent to an activating group) is 1. The number of anilines is 1. The first-order chi connectivity index (χ1) is 13.9. The van der Waals surface area contributed by atoms with Crippen LogP contribution in [0.15, 0.2) is 34.1 Å². The number of nitrogens with zero attached hydrogens (tertiary/aromatic N) is 3.